The predicted octanol–water partition coefficient (Wildman–Crippen LogP) is 1.52. The van der Waals surface area contributed by atoms with Gasteiger partial charge in [0.05, 0.1) is 0 Å². The van der Waals surface area contributed by atoms with Crippen LogP contribution in [0.25, 0.3) is 0 Å². The zero-order chi connectivity index (χ0) is 9.43. The Hall–Kier alpha value is -0.0800. The van der Waals surface area contributed by atoms with Crippen LogP contribution in [0, 0.1) is 11.3 Å². The van der Waals surface area contributed by atoms with E-state index in [1.54, 1.807) is 0 Å². The summed E-state index contributed by atoms with van der Waals surface area (Å²) in [5.74, 6) is 1.10. The van der Waals surface area contributed by atoms with Crippen molar-refractivity contribution in [1.82, 2.24) is 10.6 Å². The molecule has 2 nitrogen and oxygen atoms in total. The van der Waals surface area contributed by atoms with E-state index < -0.39 is 0 Å². The lowest BCUT2D eigenvalue weighted by Crippen LogP contribution is -2.28. The average molecular weight is 194 g/mol. The molecule has 4 fully saturated rings. The molecule has 4 aliphatic rings. The van der Waals surface area contributed by atoms with Crippen LogP contribution in [0.2, 0.25) is 0 Å². The molecule has 14 heavy (non-hydrogen) atoms. The molecule has 2 aliphatic heterocycles. The molecule has 2 saturated heterocycles. The summed E-state index contributed by atoms with van der Waals surface area (Å²) in [4.78, 5) is 0. The Balaban J connectivity index is 0.0000000950. The lowest BCUT2D eigenvalue weighted by atomic mass is 9.95. The fourth-order valence-corrected chi connectivity index (χ4v) is 2.90. The maximum Gasteiger partial charge on any atom is 0.00996 e. The minimum absolute atomic E-state index is 0.866. The highest BCUT2D eigenvalue weighted by atomic mass is 15.0. The van der Waals surface area contributed by atoms with Crippen LogP contribution in [-0.2, 0) is 0 Å². The first-order valence-corrected chi connectivity index (χ1v) is 6.32. The molecule has 0 amide bonds. The smallest absolute Gasteiger partial charge is 0.00996 e. The second-order valence-electron chi connectivity index (χ2n) is 5.60. The number of nitrogens with one attached hydrogen (secondary N) is 2. The van der Waals surface area contributed by atoms with Gasteiger partial charge in [-0.3, -0.25) is 0 Å². The van der Waals surface area contributed by atoms with E-state index in [1.807, 2.05) is 0 Å². The summed E-state index contributed by atoms with van der Waals surface area (Å²) in [6, 6.07) is 0.963. The Bertz CT molecular complexity index is 194. The van der Waals surface area contributed by atoms with E-state index in [4.69, 9.17) is 0 Å². The molecule has 0 aromatic rings. The fourth-order valence-electron chi connectivity index (χ4n) is 2.90. The van der Waals surface area contributed by atoms with E-state index in [0.29, 0.717) is 0 Å². The van der Waals surface area contributed by atoms with Gasteiger partial charge in [-0.15, -0.1) is 0 Å². The van der Waals surface area contributed by atoms with Crippen LogP contribution < -0.4 is 10.6 Å². The van der Waals surface area contributed by atoms with Crippen LogP contribution in [-0.4, -0.2) is 25.7 Å². The largest absolute Gasteiger partial charge is 0.317 e. The molecule has 2 heterocycles. The third kappa shape index (κ3) is 1.96. The molecule has 1 spiro atoms. The van der Waals surface area contributed by atoms with Gasteiger partial charge >= 0.3 is 0 Å². The van der Waals surface area contributed by atoms with Gasteiger partial charge in [-0.2, -0.15) is 0 Å². The van der Waals surface area contributed by atoms with Crippen molar-refractivity contribution >= 4 is 0 Å². The van der Waals surface area contributed by atoms with Crippen molar-refractivity contribution in [1.29, 1.82) is 0 Å². The fraction of sp³-hybridized carbons (Fsp3) is 1.00. The molecule has 0 radical (unpaired) electrons. The monoisotopic (exact) mass is 194 g/mol. The van der Waals surface area contributed by atoms with E-state index in [2.05, 4.69) is 10.6 Å². The van der Waals surface area contributed by atoms with Gasteiger partial charge in [0.1, 0.15) is 0 Å². The van der Waals surface area contributed by atoms with Crippen LogP contribution in [0.5, 0.6) is 0 Å². The van der Waals surface area contributed by atoms with E-state index in [1.165, 1.54) is 58.2 Å². The Morgan fingerprint density at radius 3 is 2.00 bits per heavy atom. The van der Waals surface area contributed by atoms with Crippen LogP contribution in [0.3, 0.4) is 0 Å². The number of hydrogen-bond acceptors (Lipinski definition) is 2. The number of fused-ring (bicyclic) bond motifs is 1. The Kier molecular flexibility index (Phi) is 2.29. The summed E-state index contributed by atoms with van der Waals surface area (Å²) in [5, 5.41) is 6.77. The van der Waals surface area contributed by atoms with Crippen molar-refractivity contribution < 1.29 is 0 Å². The predicted molar refractivity (Wildman–Crippen MR) is 58.3 cm³/mol. The first-order chi connectivity index (χ1) is 6.88. The third-order valence-electron chi connectivity index (χ3n) is 4.47. The first-order valence-electron chi connectivity index (χ1n) is 6.32. The number of rotatable bonds is 0. The molecule has 0 aromatic carbocycles. The maximum atomic E-state index is 3.39. The molecule has 0 bridgehead atoms. The third-order valence-corrected chi connectivity index (χ3v) is 4.47. The Morgan fingerprint density at radius 2 is 1.71 bits per heavy atom. The van der Waals surface area contributed by atoms with Crippen molar-refractivity contribution in [3.8, 4) is 0 Å². The Morgan fingerprint density at radius 1 is 0.929 bits per heavy atom. The molecular formula is C12H22N2. The quantitative estimate of drug-likeness (QED) is 0.611. The highest BCUT2D eigenvalue weighted by Crippen LogP contribution is 2.52. The van der Waals surface area contributed by atoms with Gasteiger partial charge in [-0.05, 0) is 69.5 Å². The maximum absolute atomic E-state index is 3.39. The molecule has 2 atom stereocenters. The molecule has 2 aliphatic carbocycles. The summed E-state index contributed by atoms with van der Waals surface area (Å²) in [5.41, 5.74) is 0.866. The standard InChI is InChI=1S/C7H13N.C5H9N/c1-2-7(1)3-5-8-6-4-7;1-2-6-5-3-4(1)5/h8H,1-6H2;4-6H,1-3H2. The van der Waals surface area contributed by atoms with Gasteiger partial charge in [-0.25, -0.2) is 0 Å². The normalized spacial score (nSPS) is 41.1. The lowest BCUT2D eigenvalue weighted by molar-refractivity contribution is 0.353. The summed E-state index contributed by atoms with van der Waals surface area (Å²) >= 11 is 0. The molecule has 2 heteroatoms. The second-order valence-corrected chi connectivity index (χ2v) is 5.60. The zero-order valence-electron chi connectivity index (χ0n) is 9.02. The molecule has 2 unspecified atom stereocenters. The van der Waals surface area contributed by atoms with E-state index in [0.717, 1.165) is 17.4 Å². The van der Waals surface area contributed by atoms with Crippen LogP contribution in [0.4, 0.5) is 0 Å². The summed E-state index contributed by atoms with van der Waals surface area (Å²) in [7, 11) is 0. The highest BCUT2D eigenvalue weighted by Gasteiger charge is 2.42. The van der Waals surface area contributed by atoms with Gasteiger partial charge in [0.2, 0.25) is 0 Å². The van der Waals surface area contributed by atoms with Gasteiger partial charge in [0.15, 0.2) is 0 Å². The van der Waals surface area contributed by atoms with Crippen molar-refractivity contribution in [2.24, 2.45) is 11.3 Å². The zero-order valence-corrected chi connectivity index (χ0v) is 9.02. The van der Waals surface area contributed by atoms with E-state index >= 15 is 0 Å². The van der Waals surface area contributed by atoms with E-state index in [-0.39, 0.29) is 0 Å². The highest BCUT2D eigenvalue weighted by molar-refractivity contribution is 4.98. The van der Waals surface area contributed by atoms with Crippen LogP contribution in [0.15, 0.2) is 0 Å². The van der Waals surface area contributed by atoms with Gasteiger partial charge in [-0.1, -0.05) is 0 Å². The molecule has 4 rings (SSSR count). The van der Waals surface area contributed by atoms with Gasteiger partial charge < -0.3 is 10.6 Å². The number of hydrogen-bond donors (Lipinski definition) is 2. The molecular weight excluding hydrogens is 172 g/mol. The minimum Gasteiger partial charge on any atom is -0.317 e. The first kappa shape index (κ1) is 9.17. The molecule has 0 aromatic heterocycles. The van der Waals surface area contributed by atoms with Crippen molar-refractivity contribution in [3.05, 3.63) is 0 Å². The molecule has 2 N–H and O–H groups in total. The summed E-state index contributed by atoms with van der Waals surface area (Å²) in [6.07, 6.45) is 8.87. The SMILES string of the molecule is C1CC2(CCN1)CC2.C1CC2CC2N1. The molecule has 2 saturated carbocycles. The topological polar surface area (TPSA) is 24.1 Å². The minimum atomic E-state index is 0.866. The average Bonchev–Trinajstić information content (AvgIpc) is 3.13. The van der Waals surface area contributed by atoms with E-state index in [9.17, 15) is 0 Å². The summed E-state index contributed by atoms with van der Waals surface area (Å²) < 4.78 is 0. The summed E-state index contributed by atoms with van der Waals surface area (Å²) in [6.45, 7) is 3.84. The van der Waals surface area contributed by atoms with Crippen LogP contribution >= 0.6 is 0 Å². The van der Waals surface area contributed by atoms with Gasteiger partial charge in [0, 0.05) is 6.04 Å². The Labute approximate surface area is 86.8 Å². The van der Waals surface area contributed by atoms with Crippen molar-refractivity contribution in [2.75, 3.05) is 19.6 Å². The second kappa shape index (κ2) is 3.49. The molecule has 80 valence electrons. The van der Waals surface area contributed by atoms with Crippen molar-refractivity contribution in [3.63, 3.8) is 0 Å². The van der Waals surface area contributed by atoms with Crippen LogP contribution in [0.1, 0.15) is 38.5 Å². The number of piperidine rings is 2. The lowest BCUT2D eigenvalue weighted by Gasteiger charge is -2.20. The van der Waals surface area contributed by atoms with Gasteiger partial charge in [0.25, 0.3) is 0 Å². The van der Waals surface area contributed by atoms with Crippen molar-refractivity contribution in [2.45, 2.75) is 44.6 Å².